The Labute approximate surface area is 240 Å². The van der Waals surface area contributed by atoms with Gasteiger partial charge in [-0.05, 0) is 72.6 Å². The second-order valence-corrected chi connectivity index (χ2v) is 9.26. The molecule has 0 amide bonds. The topological polar surface area (TPSA) is 96.8 Å². The molecule has 0 aliphatic rings. The number of rotatable bonds is 13. The number of ether oxygens (including phenoxy) is 4. The fraction of sp³-hybridized carbons (Fsp3) is 0.355. The standard InChI is InChI=1S/C29H32N2O6S.C2H6/c1-7-20(15-36-26-11-9-21(13-32)28(30-26)34-5)18(3)23(8-2)24-17-38-25(19(24)4)16-37-27-12-10-22(14-33)29(31-27)35-6;1-2/h8-14,17H,7,15-16H2,1-6H3;1-2H3/b20-18+,23-8+;. The highest BCUT2D eigenvalue weighted by molar-refractivity contribution is 7.10. The van der Waals surface area contributed by atoms with Crippen LogP contribution >= 0.6 is 11.3 Å². The minimum absolute atomic E-state index is 0.237. The number of carbonyl (C=O) groups excluding carboxylic acids is 2. The molecule has 0 unspecified atom stereocenters. The molecule has 3 heterocycles. The average Bonchev–Trinajstić information content (AvgIpc) is 3.36. The molecule has 214 valence electrons. The average molecular weight is 567 g/mol. The van der Waals surface area contributed by atoms with Crippen LogP contribution in [-0.2, 0) is 6.61 Å². The quantitative estimate of drug-likeness (QED) is 0.157. The van der Waals surface area contributed by atoms with Crippen LogP contribution in [-0.4, -0.2) is 43.4 Å². The smallest absolute Gasteiger partial charge is 0.227 e. The summed E-state index contributed by atoms with van der Waals surface area (Å²) >= 11 is 1.62. The molecule has 0 atom stereocenters. The molecule has 0 saturated heterocycles. The summed E-state index contributed by atoms with van der Waals surface area (Å²) in [6.45, 7) is 13.0. The number of aldehydes is 2. The molecule has 0 radical (unpaired) electrons. The third kappa shape index (κ3) is 7.79. The van der Waals surface area contributed by atoms with Crippen molar-refractivity contribution in [3.63, 3.8) is 0 Å². The number of hydrogen-bond acceptors (Lipinski definition) is 9. The summed E-state index contributed by atoms with van der Waals surface area (Å²) in [6, 6.07) is 6.58. The monoisotopic (exact) mass is 566 g/mol. The normalized spacial score (nSPS) is 11.6. The first-order chi connectivity index (χ1) is 19.4. The second kappa shape index (κ2) is 16.2. The van der Waals surface area contributed by atoms with Crippen LogP contribution in [0.5, 0.6) is 23.5 Å². The molecule has 0 fully saturated rings. The Morgan fingerprint density at radius 2 is 1.48 bits per heavy atom. The highest BCUT2D eigenvalue weighted by atomic mass is 32.1. The van der Waals surface area contributed by atoms with Crippen molar-refractivity contribution in [2.24, 2.45) is 0 Å². The van der Waals surface area contributed by atoms with E-state index in [1.807, 2.05) is 20.8 Å². The van der Waals surface area contributed by atoms with Gasteiger partial charge in [0.2, 0.25) is 23.5 Å². The van der Waals surface area contributed by atoms with E-state index in [1.54, 1.807) is 35.6 Å². The van der Waals surface area contributed by atoms with E-state index < -0.39 is 0 Å². The van der Waals surface area contributed by atoms with E-state index in [1.165, 1.54) is 14.2 Å². The van der Waals surface area contributed by atoms with E-state index in [9.17, 15) is 9.59 Å². The van der Waals surface area contributed by atoms with Gasteiger partial charge in [-0.3, -0.25) is 9.59 Å². The molecular formula is C31H38N2O6S. The molecule has 0 N–H and O–H groups in total. The van der Waals surface area contributed by atoms with Crippen LogP contribution in [0, 0.1) is 6.92 Å². The number of methoxy groups -OCH3 is 2. The van der Waals surface area contributed by atoms with Gasteiger partial charge in [-0.15, -0.1) is 11.3 Å². The summed E-state index contributed by atoms with van der Waals surface area (Å²) in [4.78, 5) is 31.9. The molecule has 8 nitrogen and oxygen atoms in total. The largest absolute Gasteiger partial charge is 0.480 e. The van der Waals surface area contributed by atoms with Gasteiger partial charge in [0.25, 0.3) is 0 Å². The van der Waals surface area contributed by atoms with Gasteiger partial charge in [0, 0.05) is 17.0 Å². The number of allylic oxidation sites excluding steroid dienone is 3. The van der Waals surface area contributed by atoms with Gasteiger partial charge >= 0.3 is 0 Å². The Balaban J connectivity index is 0.00000274. The zero-order valence-corrected chi connectivity index (χ0v) is 25.3. The van der Waals surface area contributed by atoms with Crippen molar-refractivity contribution in [1.29, 1.82) is 0 Å². The Morgan fingerprint density at radius 1 is 0.925 bits per heavy atom. The number of carbonyl (C=O) groups is 2. The molecule has 3 aromatic rings. The maximum absolute atomic E-state index is 11.1. The summed E-state index contributed by atoms with van der Waals surface area (Å²) in [5.41, 5.74) is 6.41. The Hall–Kier alpha value is -3.98. The predicted octanol–water partition coefficient (Wildman–Crippen LogP) is 7.30. The van der Waals surface area contributed by atoms with Crippen molar-refractivity contribution in [3.05, 3.63) is 74.0 Å². The van der Waals surface area contributed by atoms with Crippen LogP contribution in [0.4, 0.5) is 0 Å². The van der Waals surface area contributed by atoms with Crippen LogP contribution < -0.4 is 18.9 Å². The molecule has 0 aromatic carbocycles. The highest BCUT2D eigenvalue weighted by Crippen LogP contribution is 2.34. The number of hydrogen-bond donors (Lipinski definition) is 0. The third-order valence-corrected chi connectivity index (χ3v) is 7.26. The lowest BCUT2D eigenvalue weighted by Crippen LogP contribution is -2.06. The van der Waals surface area contributed by atoms with E-state index in [0.29, 0.717) is 48.7 Å². The third-order valence-electron chi connectivity index (χ3n) is 6.20. The van der Waals surface area contributed by atoms with E-state index >= 15 is 0 Å². The van der Waals surface area contributed by atoms with Gasteiger partial charge in [-0.1, -0.05) is 26.8 Å². The van der Waals surface area contributed by atoms with Crippen LogP contribution in [0.15, 0.2) is 46.9 Å². The van der Waals surface area contributed by atoms with Crippen LogP contribution in [0.25, 0.3) is 5.57 Å². The fourth-order valence-electron chi connectivity index (χ4n) is 3.94. The molecule has 0 spiro atoms. The van der Waals surface area contributed by atoms with Gasteiger partial charge in [0.15, 0.2) is 12.6 Å². The Bertz CT molecular complexity index is 1360. The van der Waals surface area contributed by atoms with Crippen molar-refractivity contribution < 1.29 is 28.5 Å². The minimum Gasteiger partial charge on any atom is -0.480 e. The lowest BCUT2D eigenvalue weighted by atomic mass is 9.93. The predicted molar refractivity (Wildman–Crippen MR) is 159 cm³/mol. The van der Waals surface area contributed by atoms with Crippen LogP contribution in [0.3, 0.4) is 0 Å². The van der Waals surface area contributed by atoms with Crippen molar-refractivity contribution >= 4 is 29.5 Å². The molecular weight excluding hydrogens is 528 g/mol. The molecule has 9 heteroatoms. The van der Waals surface area contributed by atoms with Crippen molar-refractivity contribution in [3.8, 4) is 23.5 Å². The molecule has 0 saturated carbocycles. The first-order valence-electron chi connectivity index (χ1n) is 13.1. The number of nitrogens with zero attached hydrogens (tertiary/aromatic N) is 2. The van der Waals surface area contributed by atoms with Gasteiger partial charge in [-0.2, -0.15) is 9.97 Å². The zero-order chi connectivity index (χ0) is 29.7. The van der Waals surface area contributed by atoms with Crippen molar-refractivity contribution in [2.75, 3.05) is 20.8 Å². The van der Waals surface area contributed by atoms with E-state index in [2.05, 4.69) is 42.2 Å². The first-order valence-corrected chi connectivity index (χ1v) is 14.0. The van der Waals surface area contributed by atoms with Crippen LogP contribution in [0.1, 0.15) is 77.8 Å². The number of thiophene rings is 1. The van der Waals surface area contributed by atoms with Gasteiger partial charge < -0.3 is 18.9 Å². The van der Waals surface area contributed by atoms with Crippen LogP contribution in [0.2, 0.25) is 0 Å². The maximum atomic E-state index is 11.1. The van der Waals surface area contributed by atoms with E-state index in [4.69, 9.17) is 18.9 Å². The Morgan fingerprint density at radius 3 is 1.95 bits per heavy atom. The minimum atomic E-state index is 0.237. The summed E-state index contributed by atoms with van der Waals surface area (Å²) in [7, 11) is 2.94. The molecule has 0 aliphatic heterocycles. The SMILES string of the molecule is C/C=C(\C(C)=C(/CC)COc1ccc(C=O)c(OC)n1)c1csc(COc2ccc(C=O)c(OC)n2)c1C.CC. The van der Waals surface area contributed by atoms with Gasteiger partial charge in [0.05, 0.1) is 25.3 Å². The van der Waals surface area contributed by atoms with E-state index in [-0.39, 0.29) is 11.8 Å². The fourth-order valence-corrected chi connectivity index (χ4v) is 4.92. The second-order valence-electron chi connectivity index (χ2n) is 8.29. The molecule has 0 bridgehead atoms. The molecule has 0 aliphatic carbocycles. The summed E-state index contributed by atoms with van der Waals surface area (Å²) in [6.07, 6.45) is 4.31. The lowest BCUT2D eigenvalue weighted by Gasteiger charge is -2.16. The van der Waals surface area contributed by atoms with Gasteiger partial charge in [-0.25, -0.2) is 0 Å². The zero-order valence-electron chi connectivity index (χ0n) is 24.5. The van der Waals surface area contributed by atoms with Crippen molar-refractivity contribution in [2.45, 2.75) is 54.6 Å². The Kier molecular flexibility index (Phi) is 13.1. The first kappa shape index (κ1) is 32.2. The number of aromatic nitrogens is 2. The lowest BCUT2D eigenvalue weighted by molar-refractivity contribution is 0.111. The van der Waals surface area contributed by atoms with Gasteiger partial charge in [0.1, 0.15) is 13.2 Å². The summed E-state index contributed by atoms with van der Waals surface area (Å²) in [5.74, 6) is 1.26. The summed E-state index contributed by atoms with van der Waals surface area (Å²) < 4.78 is 22.2. The maximum Gasteiger partial charge on any atom is 0.227 e. The highest BCUT2D eigenvalue weighted by Gasteiger charge is 2.16. The number of pyridine rings is 2. The van der Waals surface area contributed by atoms with E-state index in [0.717, 1.165) is 39.1 Å². The van der Waals surface area contributed by atoms with Crippen molar-refractivity contribution in [1.82, 2.24) is 9.97 Å². The summed E-state index contributed by atoms with van der Waals surface area (Å²) in [5, 5.41) is 2.13. The molecule has 3 rings (SSSR count). The molecule has 3 aromatic heterocycles. The molecule has 40 heavy (non-hydrogen) atoms.